The molecule has 0 radical (unpaired) electrons. The minimum atomic E-state index is -0.109. The first kappa shape index (κ1) is 14.9. The maximum absolute atomic E-state index is 6.00. The number of para-hydroxylation sites is 2. The Morgan fingerprint density at radius 2 is 1.80 bits per heavy atom. The Morgan fingerprint density at radius 3 is 2.45 bits per heavy atom. The van der Waals surface area contributed by atoms with Gasteiger partial charge in [-0.25, -0.2) is 0 Å². The molecular formula is C16H18BrNO2. The van der Waals surface area contributed by atoms with Crippen molar-refractivity contribution in [3.05, 3.63) is 52.5 Å². The largest absolute Gasteiger partial charge is 0.490 e. The van der Waals surface area contributed by atoms with Gasteiger partial charge in [-0.3, -0.25) is 0 Å². The number of hydrogen-bond acceptors (Lipinski definition) is 3. The molecule has 1 unspecified atom stereocenters. The molecule has 20 heavy (non-hydrogen) atoms. The van der Waals surface area contributed by atoms with Crippen molar-refractivity contribution >= 4 is 15.9 Å². The molecule has 2 rings (SSSR count). The third-order valence-corrected chi connectivity index (χ3v) is 3.32. The van der Waals surface area contributed by atoms with Gasteiger partial charge in [-0.05, 0) is 44.2 Å². The SMILES string of the molecule is CCOc1ccccc1Oc1ccc(Br)cc1C(C)N. The van der Waals surface area contributed by atoms with Crippen LogP contribution in [0.4, 0.5) is 0 Å². The van der Waals surface area contributed by atoms with Crippen molar-refractivity contribution in [2.75, 3.05) is 6.61 Å². The van der Waals surface area contributed by atoms with Crippen LogP contribution in [-0.4, -0.2) is 6.61 Å². The van der Waals surface area contributed by atoms with Crippen LogP contribution in [0.5, 0.6) is 17.2 Å². The zero-order chi connectivity index (χ0) is 14.5. The molecule has 2 aromatic carbocycles. The van der Waals surface area contributed by atoms with E-state index in [0.717, 1.165) is 21.5 Å². The molecule has 0 heterocycles. The molecule has 0 aliphatic carbocycles. The van der Waals surface area contributed by atoms with Crippen molar-refractivity contribution in [1.29, 1.82) is 0 Å². The predicted octanol–water partition coefficient (Wildman–Crippen LogP) is 4.66. The first-order valence-corrected chi connectivity index (χ1v) is 7.35. The zero-order valence-electron chi connectivity index (χ0n) is 11.6. The molecule has 0 saturated heterocycles. The number of rotatable bonds is 5. The molecule has 4 heteroatoms. The molecule has 0 amide bonds. The summed E-state index contributed by atoms with van der Waals surface area (Å²) in [6.45, 7) is 4.48. The van der Waals surface area contributed by atoms with Crippen molar-refractivity contribution in [1.82, 2.24) is 0 Å². The smallest absolute Gasteiger partial charge is 0.169 e. The van der Waals surface area contributed by atoms with E-state index in [1.807, 2.05) is 56.3 Å². The van der Waals surface area contributed by atoms with Crippen LogP contribution in [0.15, 0.2) is 46.9 Å². The topological polar surface area (TPSA) is 44.5 Å². The Balaban J connectivity index is 2.35. The lowest BCUT2D eigenvalue weighted by Gasteiger charge is -2.16. The average Bonchev–Trinajstić information content (AvgIpc) is 2.43. The third-order valence-electron chi connectivity index (χ3n) is 2.83. The second-order valence-electron chi connectivity index (χ2n) is 4.45. The summed E-state index contributed by atoms with van der Waals surface area (Å²) in [5.41, 5.74) is 6.95. The summed E-state index contributed by atoms with van der Waals surface area (Å²) < 4.78 is 12.5. The van der Waals surface area contributed by atoms with Crippen LogP contribution in [-0.2, 0) is 0 Å². The summed E-state index contributed by atoms with van der Waals surface area (Å²) in [5.74, 6) is 2.17. The highest BCUT2D eigenvalue weighted by atomic mass is 79.9. The molecular weight excluding hydrogens is 318 g/mol. The fraction of sp³-hybridized carbons (Fsp3) is 0.250. The summed E-state index contributed by atoms with van der Waals surface area (Å²) in [6, 6.07) is 13.3. The van der Waals surface area contributed by atoms with Crippen LogP contribution in [0.2, 0.25) is 0 Å². The normalized spacial score (nSPS) is 12.0. The van der Waals surface area contributed by atoms with E-state index in [1.165, 1.54) is 0 Å². The van der Waals surface area contributed by atoms with Crippen molar-refractivity contribution < 1.29 is 9.47 Å². The minimum Gasteiger partial charge on any atom is -0.490 e. The van der Waals surface area contributed by atoms with E-state index >= 15 is 0 Å². The molecule has 0 spiro atoms. The molecule has 0 aromatic heterocycles. The molecule has 106 valence electrons. The van der Waals surface area contributed by atoms with Crippen LogP contribution in [0, 0.1) is 0 Å². The first-order chi connectivity index (χ1) is 9.61. The van der Waals surface area contributed by atoms with Gasteiger partial charge in [0.2, 0.25) is 0 Å². The van der Waals surface area contributed by atoms with E-state index in [-0.39, 0.29) is 6.04 Å². The molecule has 0 fully saturated rings. The van der Waals surface area contributed by atoms with Gasteiger partial charge in [-0.2, -0.15) is 0 Å². The Bertz CT molecular complexity index is 584. The molecule has 2 N–H and O–H groups in total. The number of hydrogen-bond donors (Lipinski definition) is 1. The van der Waals surface area contributed by atoms with Crippen molar-refractivity contribution in [3.8, 4) is 17.2 Å². The molecule has 1 atom stereocenters. The van der Waals surface area contributed by atoms with Crippen LogP contribution < -0.4 is 15.2 Å². The van der Waals surface area contributed by atoms with E-state index in [0.29, 0.717) is 12.4 Å². The summed E-state index contributed by atoms with van der Waals surface area (Å²) in [5, 5.41) is 0. The van der Waals surface area contributed by atoms with Crippen molar-refractivity contribution in [3.63, 3.8) is 0 Å². The Hall–Kier alpha value is -1.52. The number of ether oxygens (including phenoxy) is 2. The second kappa shape index (κ2) is 6.77. The van der Waals surface area contributed by atoms with Gasteiger partial charge in [0.15, 0.2) is 11.5 Å². The summed E-state index contributed by atoms with van der Waals surface area (Å²) in [6.07, 6.45) is 0. The molecule has 0 aliphatic rings. The quantitative estimate of drug-likeness (QED) is 0.864. The second-order valence-corrected chi connectivity index (χ2v) is 5.37. The lowest BCUT2D eigenvalue weighted by molar-refractivity contribution is 0.320. The van der Waals surface area contributed by atoms with Gasteiger partial charge in [-0.15, -0.1) is 0 Å². The van der Waals surface area contributed by atoms with Crippen LogP contribution in [0.3, 0.4) is 0 Å². The zero-order valence-corrected chi connectivity index (χ0v) is 13.2. The van der Waals surface area contributed by atoms with E-state index in [4.69, 9.17) is 15.2 Å². The summed E-state index contributed by atoms with van der Waals surface area (Å²) in [7, 11) is 0. The van der Waals surface area contributed by atoms with Gasteiger partial charge in [0.1, 0.15) is 5.75 Å². The van der Waals surface area contributed by atoms with Gasteiger partial charge >= 0.3 is 0 Å². The number of benzene rings is 2. The Labute approximate surface area is 127 Å². The van der Waals surface area contributed by atoms with Crippen LogP contribution in [0.25, 0.3) is 0 Å². The third kappa shape index (κ3) is 3.52. The molecule has 0 saturated carbocycles. The maximum atomic E-state index is 6.00. The van der Waals surface area contributed by atoms with Gasteiger partial charge in [0.05, 0.1) is 6.61 Å². The lowest BCUT2D eigenvalue weighted by atomic mass is 10.1. The van der Waals surface area contributed by atoms with Crippen molar-refractivity contribution in [2.24, 2.45) is 5.73 Å². The van der Waals surface area contributed by atoms with Crippen LogP contribution >= 0.6 is 15.9 Å². The highest BCUT2D eigenvalue weighted by Gasteiger charge is 2.12. The highest BCUT2D eigenvalue weighted by Crippen LogP contribution is 2.35. The molecule has 0 aliphatic heterocycles. The van der Waals surface area contributed by atoms with E-state index in [1.54, 1.807) is 0 Å². The maximum Gasteiger partial charge on any atom is 0.169 e. The van der Waals surface area contributed by atoms with E-state index in [9.17, 15) is 0 Å². The summed E-state index contributed by atoms with van der Waals surface area (Å²) in [4.78, 5) is 0. The molecule has 0 bridgehead atoms. The van der Waals surface area contributed by atoms with Gasteiger partial charge in [0, 0.05) is 16.1 Å². The first-order valence-electron chi connectivity index (χ1n) is 6.56. The monoisotopic (exact) mass is 335 g/mol. The number of halogens is 1. The van der Waals surface area contributed by atoms with Crippen molar-refractivity contribution in [2.45, 2.75) is 19.9 Å². The number of nitrogens with two attached hydrogens (primary N) is 1. The average molecular weight is 336 g/mol. The Morgan fingerprint density at radius 1 is 1.10 bits per heavy atom. The van der Waals surface area contributed by atoms with Gasteiger partial charge in [0.25, 0.3) is 0 Å². The molecule has 2 aromatic rings. The Kier molecular flexibility index (Phi) is 5.04. The lowest BCUT2D eigenvalue weighted by Crippen LogP contribution is -2.07. The van der Waals surface area contributed by atoms with Gasteiger partial charge in [-0.1, -0.05) is 28.1 Å². The fourth-order valence-corrected chi connectivity index (χ4v) is 2.27. The minimum absolute atomic E-state index is 0.109. The molecule has 3 nitrogen and oxygen atoms in total. The summed E-state index contributed by atoms with van der Waals surface area (Å²) >= 11 is 3.45. The predicted molar refractivity (Wildman–Crippen MR) is 84.4 cm³/mol. The standard InChI is InChI=1S/C16H18BrNO2/c1-3-19-15-6-4-5-7-16(15)20-14-9-8-12(17)10-13(14)11(2)18/h4-11H,3,18H2,1-2H3. The van der Waals surface area contributed by atoms with E-state index in [2.05, 4.69) is 15.9 Å². The van der Waals surface area contributed by atoms with Gasteiger partial charge < -0.3 is 15.2 Å². The van der Waals surface area contributed by atoms with E-state index < -0.39 is 0 Å². The fourth-order valence-electron chi connectivity index (χ4n) is 1.90. The highest BCUT2D eigenvalue weighted by molar-refractivity contribution is 9.10. The van der Waals surface area contributed by atoms with Crippen LogP contribution in [0.1, 0.15) is 25.5 Å².